The minimum Gasteiger partial charge on any atom is -0.438 e. The molecule has 0 aliphatic carbocycles. The number of carbonyl (C=O) groups excluding carboxylic acids is 1. The number of nitrogens with one attached hydrogen (secondary N) is 2. The first kappa shape index (κ1) is 22.6. The summed E-state index contributed by atoms with van der Waals surface area (Å²) in [5, 5.41) is 10.2. The summed E-state index contributed by atoms with van der Waals surface area (Å²) in [4.78, 5) is 13.0. The van der Waals surface area contributed by atoms with Crippen LogP contribution in [0, 0.1) is 13.8 Å². The summed E-state index contributed by atoms with van der Waals surface area (Å²) in [6.07, 6.45) is 0.907. The topological polar surface area (TPSA) is 87.2 Å². The lowest BCUT2D eigenvalue weighted by atomic mass is 10.0. The molecule has 0 spiro atoms. The molecule has 0 radical (unpaired) electrons. The van der Waals surface area contributed by atoms with E-state index in [-0.39, 0.29) is 5.91 Å². The molecule has 0 saturated carbocycles. The fraction of sp³-hybridized carbons (Fsp3) is 0.154. The van der Waals surface area contributed by atoms with Crippen LogP contribution in [0.2, 0.25) is 0 Å². The number of ether oxygens (including phenoxy) is 1. The Morgan fingerprint density at radius 3 is 2.58 bits per heavy atom. The first-order valence-electron chi connectivity index (χ1n) is 10.6. The number of hydrogen-bond donors (Lipinski definition) is 3. The van der Waals surface area contributed by atoms with Gasteiger partial charge in [-0.2, -0.15) is 0 Å². The van der Waals surface area contributed by atoms with E-state index in [2.05, 4.69) is 41.5 Å². The van der Waals surface area contributed by atoms with E-state index in [9.17, 15) is 4.79 Å². The highest BCUT2D eigenvalue weighted by atomic mass is 32.2. The van der Waals surface area contributed by atoms with Crippen molar-refractivity contribution in [3.05, 3.63) is 89.5 Å². The highest BCUT2D eigenvalue weighted by Crippen LogP contribution is 2.29. The number of aryl methyl sites for hydroxylation is 3. The summed E-state index contributed by atoms with van der Waals surface area (Å²) in [5.41, 5.74) is 6.04. The van der Waals surface area contributed by atoms with E-state index in [1.807, 2.05) is 36.4 Å². The molecule has 7 heteroatoms. The number of nitrogens with zero attached hydrogens (tertiary/aromatic N) is 1. The van der Waals surface area contributed by atoms with Crippen LogP contribution in [0.1, 0.15) is 23.1 Å². The molecule has 6 nitrogen and oxygen atoms in total. The van der Waals surface area contributed by atoms with E-state index in [4.69, 9.17) is 9.29 Å². The molecule has 4 rings (SSSR count). The molecule has 33 heavy (non-hydrogen) atoms. The Kier molecular flexibility index (Phi) is 7.12. The zero-order valence-corrected chi connectivity index (χ0v) is 19.3. The van der Waals surface area contributed by atoms with Gasteiger partial charge in [-0.1, -0.05) is 36.4 Å². The second kappa shape index (κ2) is 10.4. The number of hydrogen-bond acceptors (Lipinski definition) is 5. The zero-order valence-electron chi connectivity index (χ0n) is 18.5. The predicted octanol–water partition coefficient (Wildman–Crippen LogP) is 6.62. The van der Waals surface area contributed by atoms with Gasteiger partial charge in [-0.15, -0.1) is 5.10 Å². The van der Waals surface area contributed by atoms with E-state index in [0.29, 0.717) is 47.1 Å². The molecule has 4 aromatic rings. The number of amides is 1. The van der Waals surface area contributed by atoms with Gasteiger partial charge in [0.2, 0.25) is 11.8 Å². The van der Waals surface area contributed by atoms with Crippen molar-refractivity contribution in [3.8, 4) is 22.9 Å². The van der Waals surface area contributed by atoms with Crippen LogP contribution in [0.3, 0.4) is 0 Å². The smallest absolute Gasteiger partial charge is 0.238 e. The first-order chi connectivity index (χ1) is 16.0. The van der Waals surface area contributed by atoms with Crippen LogP contribution in [0.15, 0.2) is 77.7 Å². The predicted molar refractivity (Wildman–Crippen MR) is 132 cm³/mol. The first-order valence-corrected chi connectivity index (χ1v) is 11.4. The Hall–Kier alpha value is -3.55. The number of carbonyl (C=O) groups is 1. The van der Waals surface area contributed by atoms with Crippen LogP contribution in [0.5, 0.6) is 11.6 Å². The van der Waals surface area contributed by atoms with Gasteiger partial charge in [0.15, 0.2) is 0 Å². The van der Waals surface area contributed by atoms with Crippen LogP contribution in [0.4, 0.5) is 5.69 Å². The monoisotopic (exact) mass is 459 g/mol. The molecule has 3 N–H and O–H groups in total. The molecule has 0 atom stereocenters. The Bertz CT molecular complexity index is 1250. The number of H-pyrrole nitrogens is 1. The summed E-state index contributed by atoms with van der Waals surface area (Å²) in [6, 6.07) is 22.8. The summed E-state index contributed by atoms with van der Waals surface area (Å²) in [5.74, 6) is 1.07. The van der Waals surface area contributed by atoms with Crippen molar-refractivity contribution in [1.82, 2.24) is 10.2 Å². The fourth-order valence-electron chi connectivity index (χ4n) is 3.72. The van der Waals surface area contributed by atoms with Crippen LogP contribution in [0.25, 0.3) is 11.3 Å². The third-order valence-electron chi connectivity index (χ3n) is 5.29. The molecule has 0 aliphatic heterocycles. The summed E-state index contributed by atoms with van der Waals surface area (Å²) >= 11 is 0.651. The van der Waals surface area contributed by atoms with Gasteiger partial charge in [0, 0.05) is 40.7 Å². The SMILES string of the molecule is Cc1cccc(C)c1-c1cc(Oc2cccc(CCC(=O)Nc3cccc(SO)c3)c2)n[nH]1. The fourth-order valence-corrected chi connectivity index (χ4v) is 4.04. The van der Waals surface area contributed by atoms with Gasteiger partial charge in [-0.05, 0) is 67.3 Å². The molecular weight excluding hydrogens is 434 g/mol. The van der Waals surface area contributed by atoms with Crippen LogP contribution in [-0.2, 0) is 11.2 Å². The lowest BCUT2D eigenvalue weighted by molar-refractivity contribution is -0.116. The minimum atomic E-state index is -0.0908. The van der Waals surface area contributed by atoms with E-state index in [1.54, 1.807) is 24.3 Å². The van der Waals surface area contributed by atoms with Gasteiger partial charge in [0.1, 0.15) is 5.75 Å². The van der Waals surface area contributed by atoms with Gasteiger partial charge in [-0.25, -0.2) is 0 Å². The quantitative estimate of drug-likeness (QED) is 0.258. The van der Waals surface area contributed by atoms with E-state index in [0.717, 1.165) is 16.8 Å². The largest absolute Gasteiger partial charge is 0.438 e. The number of aromatic amines is 1. The van der Waals surface area contributed by atoms with E-state index in [1.165, 1.54) is 11.1 Å². The molecule has 3 aromatic carbocycles. The second-order valence-electron chi connectivity index (χ2n) is 7.80. The normalized spacial score (nSPS) is 10.8. The third kappa shape index (κ3) is 5.83. The van der Waals surface area contributed by atoms with Gasteiger partial charge < -0.3 is 14.6 Å². The summed E-state index contributed by atoms with van der Waals surface area (Å²) in [7, 11) is 0. The molecule has 1 heterocycles. The maximum absolute atomic E-state index is 12.3. The van der Waals surface area contributed by atoms with Crippen molar-refractivity contribution in [1.29, 1.82) is 0 Å². The lowest BCUT2D eigenvalue weighted by Gasteiger charge is -2.08. The van der Waals surface area contributed by atoms with E-state index >= 15 is 0 Å². The van der Waals surface area contributed by atoms with Crippen molar-refractivity contribution >= 4 is 23.6 Å². The van der Waals surface area contributed by atoms with Crippen molar-refractivity contribution in [2.45, 2.75) is 31.6 Å². The van der Waals surface area contributed by atoms with Gasteiger partial charge in [0.25, 0.3) is 0 Å². The number of rotatable bonds is 8. The molecule has 1 aromatic heterocycles. The zero-order chi connectivity index (χ0) is 23.2. The van der Waals surface area contributed by atoms with Crippen molar-refractivity contribution in [3.63, 3.8) is 0 Å². The number of aromatic nitrogens is 2. The van der Waals surface area contributed by atoms with Gasteiger partial charge in [0.05, 0.1) is 5.69 Å². The average molecular weight is 460 g/mol. The number of benzene rings is 3. The molecular formula is C26H25N3O3S. The summed E-state index contributed by atoms with van der Waals surface area (Å²) < 4.78 is 15.1. The minimum absolute atomic E-state index is 0.0908. The highest BCUT2D eigenvalue weighted by Gasteiger charge is 2.11. The van der Waals surface area contributed by atoms with Crippen molar-refractivity contribution < 1.29 is 14.1 Å². The Labute approximate surface area is 197 Å². The summed E-state index contributed by atoms with van der Waals surface area (Å²) in [6.45, 7) is 4.15. The number of anilines is 1. The van der Waals surface area contributed by atoms with Gasteiger partial charge in [-0.3, -0.25) is 9.89 Å². The van der Waals surface area contributed by atoms with Crippen LogP contribution in [-0.4, -0.2) is 20.7 Å². The Balaban J connectivity index is 1.37. The third-order valence-corrected chi connectivity index (χ3v) is 5.75. The molecule has 0 unspecified atom stereocenters. The average Bonchev–Trinajstić information content (AvgIpc) is 3.26. The standard InChI is InChI=1S/C26H25N3O3S/c1-17-6-3-7-18(2)26(17)23-16-25(29-28-23)32-21-10-4-8-19(14-21)12-13-24(30)27-20-9-5-11-22(15-20)33-31/h3-11,14-16,31H,12-13H2,1-2H3,(H,27,30)(H,28,29). The van der Waals surface area contributed by atoms with Gasteiger partial charge >= 0.3 is 0 Å². The molecule has 0 bridgehead atoms. The molecule has 168 valence electrons. The Morgan fingerprint density at radius 2 is 1.79 bits per heavy atom. The van der Waals surface area contributed by atoms with Crippen LogP contribution >= 0.6 is 12.0 Å². The Morgan fingerprint density at radius 1 is 1.03 bits per heavy atom. The second-order valence-corrected chi connectivity index (χ2v) is 8.46. The van der Waals surface area contributed by atoms with Crippen LogP contribution < -0.4 is 10.1 Å². The van der Waals surface area contributed by atoms with Crippen molar-refractivity contribution in [2.24, 2.45) is 0 Å². The molecule has 0 fully saturated rings. The molecule has 0 aliphatic rings. The molecule has 1 amide bonds. The maximum atomic E-state index is 12.3. The molecule has 0 saturated heterocycles. The lowest BCUT2D eigenvalue weighted by Crippen LogP contribution is -2.12. The maximum Gasteiger partial charge on any atom is 0.238 e. The van der Waals surface area contributed by atoms with Crippen molar-refractivity contribution in [2.75, 3.05) is 5.32 Å². The highest BCUT2D eigenvalue weighted by molar-refractivity contribution is 7.93. The van der Waals surface area contributed by atoms with E-state index < -0.39 is 0 Å².